The summed E-state index contributed by atoms with van der Waals surface area (Å²) in [5, 5.41) is 14.5. The molecule has 4 rings (SSSR count). The molecule has 0 spiro atoms. The Morgan fingerprint density at radius 2 is 2.03 bits per heavy atom. The predicted molar refractivity (Wildman–Crippen MR) is 112 cm³/mol. The average Bonchev–Trinajstić information content (AvgIpc) is 3.18. The van der Waals surface area contributed by atoms with Crippen molar-refractivity contribution in [2.24, 2.45) is 5.10 Å². The van der Waals surface area contributed by atoms with E-state index in [-0.39, 0.29) is 6.61 Å². The molecular formula is C20H25N7O2. The van der Waals surface area contributed by atoms with Crippen molar-refractivity contribution < 1.29 is 9.84 Å². The topological polar surface area (TPSA) is 112 Å². The second-order valence-electron chi connectivity index (χ2n) is 6.81. The normalized spacial score (nSPS) is 14.7. The van der Waals surface area contributed by atoms with Crippen LogP contribution in [0.25, 0.3) is 10.9 Å². The zero-order chi connectivity index (χ0) is 19.9. The second-order valence-corrected chi connectivity index (χ2v) is 6.81. The third-order valence-corrected chi connectivity index (χ3v) is 4.76. The first-order valence-corrected chi connectivity index (χ1v) is 9.87. The van der Waals surface area contributed by atoms with Crippen molar-refractivity contribution in [3.05, 3.63) is 41.9 Å². The fraction of sp³-hybridized carbons (Fsp3) is 0.400. The van der Waals surface area contributed by atoms with Crippen molar-refractivity contribution in [2.45, 2.75) is 19.3 Å². The number of aliphatic hydroxyl groups is 1. The minimum absolute atomic E-state index is 0.168. The van der Waals surface area contributed by atoms with Gasteiger partial charge in [-0.3, -0.25) is 0 Å². The molecule has 9 nitrogen and oxygen atoms in total. The lowest BCUT2D eigenvalue weighted by molar-refractivity contribution is 0.122. The maximum atomic E-state index is 9.03. The van der Waals surface area contributed by atoms with Gasteiger partial charge in [-0.2, -0.15) is 20.1 Å². The summed E-state index contributed by atoms with van der Waals surface area (Å²) in [6.45, 7) is 2.98. The smallest absolute Gasteiger partial charge is 0.248 e. The first kappa shape index (κ1) is 19.3. The molecule has 2 aromatic heterocycles. The number of benzene rings is 1. The number of nitrogens with one attached hydrogen (secondary N) is 2. The van der Waals surface area contributed by atoms with E-state index in [1.165, 1.54) is 0 Å². The van der Waals surface area contributed by atoms with E-state index in [0.29, 0.717) is 37.4 Å². The van der Waals surface area contributed by atoms with Crippen LogP contribution in [0.4, 0.5) is 11.9 Å². The fourth-order valence-corrected chi connectivity index (χ4v) is 3.23. The summed E-state index contributed by atoms with van der Waals surface area (Å²) in [7, 11) is 0. The van der Waals surface area contributed by atoms with E-state index in [1.54, 1.807) is 6.21 Å². The van der Waals surface area contributed by atoms with Gasteiger partial charge >= 0.3 is 0 Å². The van der Waals surface area contributed by atoms with Gasteiger partial charge in [-0.25, -0.2) is 5.43 Å². The van der Waals surface area contributed by atoms with Gasteiger partial charge < -0.3 is 19.7 Å². The zero-order valence-electron chi connectivity index (χ0n) is 16.2. The molecule has 0 amide bonds. The molecule has 3 N–H and O–H groups in total. The molecule has 3 heterocycles. The molecule has 0 unspecified atom stereocenters. The fourth-order valence-electron chi connectivity index (χ4n) is 3.23. The molecule has 152 valence electrons. The largest absolute Gasteiger partial charge is 0.396 e. The van der Waals surface area contributed by atoms with Crippen LogP contribution in [0.5, 0.6) is 0 Å². The predicted octanol–water partition coefficient (Wildman–Crippen LogP) is 1.95. The van der Waals surface area contributed by atoms with Crippen molar-refractivity contribution in [3.8, 4) is 0 Å². The molecule has 0 bridgehead atoms. The quantitative estimate of drug-likeness (QED) is 0.304. The Kier molecular flexibility index (Phi) is 6.28. The van der Waals surface area contributed by atoms with Crippen LogP contribution < -0.4 is 10.3 Å². The first-order valence-electron chi connectivity index (χ1n) is 9.87. The monoisotopic (exact) mass is 395 g/mol. The van der Waals surface area contributed by atoms with Crippen molar-refractivity contribution >= 4 is 29.0 Å². The Hall–Kier alpha value is -3.04. The number of ether oxygens (including phenoxy) is 1. The van der Waals surface area contributed by atoms with Gasteiger partial charge in [0, 0.05) is 48.8 Å². The lowest BCUT2D eigenvalue weighted by Gasteiger charge is -2.27. The number of para-hydroxylation sites is 1. The number of hydrogen-bond donors (Lipinski definition) is 3. The number of anilines is 2. The van der Waals surface area contributed by atoms with Gasteiger partial charge in [-0.05, 0) is 18.9 Å². The second kappa shape index (κ2) is 9.44. The summed E-state index contributed by atoms with van der Waals surface area (Å²) in [5.41, 5.74) is 4.99. The molecule has 1 fully saturated rings. The van der Waals surface area contributed by atoms with Crippen molar-refractivity contribution in [1.29, 1.82) is 0 Å². The van der Waals surface area contributed by atoms with E-state index in [9.17, 15) is 0 Å². The highest BCUT2D eigenvalue weighted by atomic mass is 16.5. The third-order valence-electron chi connectivity index (χ3n) is 4.76. The Bertz CT molecular complexity index is 966. The zero-order valence-corrected chi connectivity index (χ0v) is 16.2. The summed E-state index contributed by atoms with van der Waals surface area (Å²) in [4.78, 5) is 18.9. The van der Waals surface area contributed by atoms with Gasteiger partial charge in [0.2, 0.25) is 11.9 Å². The highest BCUT2D eigenvalue weighted by molar-refractivity contribution is 5.99. The van der Waals surface area contributed by atoms with Crippen molar-refractivity contribution in [1.82, 2.24) is 19.9 Å². The minimum atomic E-state index is 0.168. The van der Waals surface area contributed by atoms with E-state index >= 15 is 0 Å². The molecule has 29 heavy (non-hydrogen) atoms. The van der Waals surface area contributed by atoms with Crippen molar-refractivity contribution in [3.63, 3.8) is 0 Å². The number of aryl methyl sites for hydroxylation is 1. The Balaban J connectivity index is 1.52. The standard InChI is InChI=1S/C20H25N7O2/c28-10-4-3-7-18-23-19(25-20(24-18)27-8-11-29-12-9-27)26-22-14-15-13-21-17-6-2-1-5-16(15)17/h1-2,5-6,13-14,21,28H,3-4,7-12H2,(H,23,24,25,26)/b22-14-. The van der Waals surface area contributed by atoms with Gasteiger partial charge in [-0.15, -0.1) is 0 Å². The molecule has 1 aromatic carbocycles. The summed E-state index contributed by atoms with van der Waals surface area (Å²) in [6.07, 6.45) is 5.90. The molecule has 0 aliphatic carbocycles. The Morgan fingerprint density at radius 3 is 2.90 bits per heavy atom. The lowest BCUT2D eigenvalue weighted by atomic mass is 10.2. The van der Waals surface area contributed by atoms with Crippen LogP contribution >= 0.6 is 0 Å². The lowest BCUT2D eigenvalue weighted by Crippen LogP contribution is -2.37. The van der Waals surface area contributed by atoms with Crippen LogP contribution in [0.1, 0.15) is 24.2 Å². The van der Waals surface area contributed by atoms with E-state index in [1.807, 2.05) is 30.5 Å². The van der Waals surface area contributed by atoms with E-state index < -0.39 is 0 Å². The number of aromatic amines is 1. The van der Waals surface area contributed by atoms with Gasteiger partial charge in [0.1, 0.15) is 5.82 Å². The number of aliphatic hydroxyl groups excluding tert-OH is 1. The summed E-state index contributed by atoms with van der Waals surface area (Å²) < 4.78 is 5.42. The molecule has 1 aliphatic heterocycles. The molecule has 1 aliphatic rings. The van der Waals surface area contributed by atoms with E-state index in [0.717, 1.165) is 42.4 Å². The van der Waals surface area contributed by atoms with E-state index in [4.69, 9.17) is 9.84 Å². The molecule has 3 aromatic rings. The molecule has 0 atom stereocenters. The summed E-state index contributed by atoms with van der Waals surface area (Å²) in [6, 6.07) is 8.07. The van der Waals surface area contributed by atoms with E-state index in [2.05, 4.69) is 35.4 Å². The molecule has 1 saturated heterocycles. The summed E-state index contributed by atoms with van der Waals surface area (Å²) >= 11 is 0. The number of nitrogens with zero attached hydrogens (tertiary/aromatic N) is 5. The molecule has 0 saturated carbocycles. The number of hydrogen-bond acceptors (Lipinski definition) is 8. The maximum absolute atomic E-state index is 9.03. The van der Waals surface area contributed by atoms with Crippen LogP contribution in [0.3, 0.4) is 0 Å². The SMILES string of the molecule is OCCCCc1nc(N/N=C\c2c[nH]c3ccccc23)nc(N2CCOCC2)n1. The highest BCUT2D eigenvalue weighted by Crippen LogP contribution is 2.17. The van der Waals surface area contributed by atoms with Gasteiger partial charge in [0.15, 0.2) is 0 Å². The number of rotatable bonds is 8. The number of morpholine rings is 1. The first-order chi connectivity index (χ1) is 14.3. The Labute approximate surface area is 168 Å². The number of H-pyrrole nitrogens is 1. The van der Waals surface area contributed by atoms with Gasteiger partial charge in [0.25, 0.3) is 0 Å². The molecule has 0 radical (unpaired) electrons. The molecule has 9 heteroatoms. The number of aromatic nitrogens is 4. The van der Waals surface area contributed by atoms with Gasteiger partial charge in [0.05, 0.1) is 19.4 Å². The maximum Gasteiger partial charge on any atom is 0.248 e. The summed E-state index contributed by atoms with van der Waals surface area (Å²) in [5.74, 6) is 1.74. The average molecular weight is 395 g/mol. The highest BCUT2D eigenvalue weighted by Gasteiger charge is 2.16. The number of hydrazone groups is 1. The van der Waals surface area contributed by atoms with Crippen LogP contribution in [-0.2, 0) is 11.2 Å². The van der Waals surface area contributed by atoms with Crippen molar-refractivity contribution in [2.75, 3.05) is 43.2 Å². The number of fused-ring (bicyclic) bond motifs is 1. The molecular weight excluding hydrogens is 370 g/mol. The van der Waals surface area contributed by atoms with Crippen LogP contribution in [0, 0.1) is 0 Å². The third kappa shape index (κ3) is 4.87. The van der Waals surface area contributed by atoms with Gasteiger partial charge in [-0.1, -0.05) is 18.2 Å². The van der Waals surface area contributed by atoms with Crippen LogP contribution in [0.15, 0.2) is 35.6 Å². The number of unbranched alkanes of at least 4 members (excludes halogenated alkanes) is 1. The van der Waals surface area contributed by atoms with Crippen LogP contribution in [0.2, 0.25) is 0 Å². The van der Waals surface area contributed by atoms with Crippen LogP contribution in [-0.4, -0.2) is 64.2 Å². The minimum Gasteiger partial charge on any atom is -0.396 e. The Morgan fingerprint density at radius 1 is 1.17 bits per heavy atom.